The zero-order chi connectivity index (χ0) is 16.1. The third-order valence-electron chi connectivity index (χ3n) is 6.13. The molecule has 3 saturated heterocycles. The number of methoxy groups -OCH3 is 1. The van der Waals surface area contributed by atoms with Crippen LogP contribution in [0.15, 0.2) is 0 Å². The van der Waals surface area contributed by atoms with Gasteiger partial charge in [-0.05, 0) is 70.1 Å². The van der Waals surface area contributed by atoms with Crippen LogP contribution >= 0.6 is 0 Å². The highest BCUT2D eigenvalue weighted by atomic mass is 16.5. The Bertz CT molecular complexity index is 388. The minimum Gasteiger partial charge on any atom is -0.375 e. The maximum Gasteiger partial charge on any atom is 0.248 e. The summed E-state index contributed by atoms with van der Waals surface area (Å²) in [6.07, 6.45) is 7.73. The van der Waals surface area contributed by atoms with Crippen LogP contribution in [-0.4, -0.2) is 86.7 Å². The predicted octanol–water partition coefficient (Wildman–Crippen LogP) is 1.43. The standard InChI is InChI=1S/C18H33N3O2/c1-23-15-17(22)21-10-4-5-18(16-21)6-11-20(12-7-18)14-13-19-8-2-3-9-19/h2-16H2,1H3. The molecule has 0 saturated carbocycles. The van der Waals surface area contributed by atoms with Crippen LogP contribution in [0.3, 0.4) is 0 Å². The minimum atomic E-state index is 0.169. The molecular formula is C18H33N3O2. The number of nitrogens with zero attached hydrogens (tertiary/aromatic N) is 3. The number of amides is 1. The molecule has 1 amide bonds. The van der Waals surface area contributed by atoms with E-state index in [1.807, 2.05) is 4.90 Å². The first-order valence-electron chi connectivity index (χ1n) is 9.42. The smallest absolute Gasteiger partial charge is 0.248 e. The van der Waals surface area contributed by atoms with E-state index in [-0.39, 0.29) is 12.5 Å². The lowest BCUT2D eigenvalue weighted by atomic mass is 9.72. The highest BCUT2D eigenvalue weighted by molar-refractivity contribution is 5.77. The van der Waals surface area contributed by atoms with Crippen molar-refractivity contribution in [2.45, 2.75) is 38.5 Å². The minimum absolute atomic E-state index is 0.169. The van der Waals surface area contributed by atoms with E-state index in [1.54, 1.807) is 7.11 Å². The van der Waals surface area contributed by atoms with Gasteiger partial charge in [0.15, 0.2) is 0 Å². The van der Waals surface area contributed by atoms with Crippen molar-refractivity contribution >= 4 is 5.91 Å². The summed E-state index contributed by atoms with van der Waals surface area (Å²) in [5.74, 6) is 0.169. The Labute approximate surface area is 140 Å². The molecule has 0 N–H and O–H groups in total. The molecule has 0 aromatic carbocycles. The molecule has 0 bridgehead atoms. The van der Waals surface area contributed by atoms with Gasteiger partial charge in [0.25, 0.3) is 0 Å². The van der Waals surface area contributed by atoms with Gasteiger partial charge in [-0.3, -0.25) is 4.79 Å². The third-order valence-corrected chi connectivity index (χ3v) is 6.13. The van der Waals surface area contributed by atoms with Crippen molar-refractivity contribution in [3.8, 4) is 0 Å². The third kappa shape index (κ3) is 4.46. The second-order valence-corrected chi connectivity index (χ2v) is 7.74. The average Bonchev–Trinajstić information content (AvgIpc) is 3.08. The Hall–Kier alpha value is -0.650. The predicted molar refractivity (Wildman–Crippen MR) is 91.5 cm³/mol. The first-order valence-corrected chi connectivity index (χ1v) is 9.42. The Kier molecular flexibility index (Phi) is 5.94. The van der Waals surface area contributed by atoms with Gasteiger partial charge in [-0.1, -0.05) is 0 Å². The van der Waals surface area contributed by atoms with Crippen LogP contribution in [0, 0.1) is 5.41 Å². The molecule has 5 nitrogen and oxygen atoms in total. The zero-order valence-corrected chi connectivity index (χ0v) is 14.8. The van der Waals surface area contributed by atoms with Crippen molar-refractivity contribution < 1.29 is 9.53 Å². The van der Waals surface area contributed by atoms with Crippen LogP contribution in [-0.2, 0) is 9.53 Å². The molecule has 3 heterocycles. The van der Waals surface area contributed by atoms with Crippen LogP contribution in [0.4, 0.5) is 0 Å². The van der Waals surface area contributed by atoms with Gasteiger partial charge in [0.2, 0.25) is 5.91 Å². The lowest BCUT2D eigenvalue weighted by Gasteiger charge is -2.47. The summed E-state index contributed by atoms with van der Waals surface area (Å²) in [5.41, 5.74) is 0.381. The van der Waals surface area contributed by atoms with Crippen molar-refractivity contribution in [3.05, 3.63) is 0 Å². The fraction of sp³-hybridized carbons (Fsp3) is 0.944. The molecule has 5 heteroatoms. The highest BCUT2D eigenvalue weighted by Crippen LogP contribution is 2.39. The monoisotopic (exact) mass is 323 g/mol. The summed E-state index contributed by atoms with van der Waals surface area (Å²) in [6, 6.07) is 0. The molecule has 0 radical (unpaired) electrons. The van der Waals surface area contributed by atoms with Crippen molar-refractivity contribution in [1.82, 2.24) is 14.7 Å². The summed E-state index contributed by atoms with van der Waals surface area (Å²) >= 11 is 0. The summed E-state index contributed by atoms with van der Waals surface area (Å²) in [5, 5.41) is 0. The quantitative estimate of drug-likeness (QED) is 0.767. The number of rotatable bonds is 5. The van der Waals surface area contributed by atoms with Crippen LogP contribution in [0.2, 0.25) is 0 Å². The number of hydrogen-bond acceptors (Lipinski definition) is 4. The maximum absolute atomic E-state index is 12.1. The first kappa shape index (κ1) is 17.2. The van der Waals surface area contributed by atoms with Gasteiger partial charge in [0, 0.05) is 33.3 Å². The van der Waals surface area contributed by atoms with Crippen LogP contribution in [0.1, 0.15) is 38.5 Å². The van der Waals surface area contributed by atoms with E-state index in [0.29, 0.717) is 5.41 Å². The Morgan fingerprint density at radius 2 is 1.57 bits per heavy atom. The molecule has 23 heavy (non-hydrogen) atoms. The SMILES string of the molecule is COCC(=O)N1CCCC2(CCN(CCN3CCCC3)CC2)C1. The van der Waals surface area contributed by atoms with E-state index in [1.165, 1.54) is 71.4 Å². The molecule has 3 rings (SSSR count). The molecule has 132 valence electrons. The van der Waals surface area contributed by atoms with Crippen molar-refractivity contribution in [2.24, 2.45) is 5.41 Å². The number of ether oxygens (including phenoxy) is 1. The number of carbonyl (C=O) groups is 1. The molecule has 0 aromatic rings. The van der Waals surface area contributed by atoms with E-state index in [9.17, 15) is 4.79 Å². The van der Waals surface area contributed by atoms with Crippen LogP contribution in [0.5, 0.6) is 0 Å². The fourth-order valence-electron chi connectivity index (χ4n) is 4.58. The maximum atomic E-state index is 12.1. The highest BCUT2D eigenvalue weighted by Gasteiger charge is 2.39. The van der Waals surface area contributed by atoms with Crippen LogP contribution in [0.25, 0.3) is 0 Å². The number of carbonyl (C=O) groups excluding carboxylic acids is 1. The summed E-state index contributed by atoms with van der Waals surface area (Å²) in [4.78, 5) is 19.4. The van der Waals surface area contributed by atoms with E-state index < -0.39 is 0 Å². The van der Waals surface area contributed by atoms with Crippen molar-refractivity contribution in [1.29, 1.82) is 0 Å². The van der Waals surface area contributed by atoms with Gasteiger partial charge in [0.1, 0.15) is 6.61 Å². The zero-order valence-electron chi connectivity index (χ0n) is 14.8. The second-order valence-electron chi connectivity index (χ2n) is 7.74. The Morgan fingerprint density at radius 3 is 2.22 bits per heavy atom. The summed E-state index contributed by atoms with van der Waals surface area (Å²) in [6.45, 7) is 9.59. The van der Waals surface area contributed by atoms with Gasteiger partial charge in [-0.2, -0.15) is 0 Å². The van der Waals surface area contributed by atoms with E-state index in [2.05, 4.69) is 9.80 Å². The molecule has 0 atom stereocenters. The Balaban J connectivity index is 1.44. The molecule has 1 spiro atoms. The summed E-state index contributed by atoms with van der Waals surface area (Å²) in [7, 11) is 1.61. The number of piperidine rings is 2. The van der Waals surface area contributed by atoms with Gasteiger partial charge < -0.3 is 19.4 Å². The number of likely N-dealkylation sites (tertiary alicyclic amines) is 3. The van der Waals surface area contributed by atoms with Crippen molar-refractivity contribution in [3.63, 3.8) is 0 Å². The Morgan fingerprint density at radius 1 is 0.913 bits per heavy atom. The van der Waals surface area contributed by atoms with Gasteiger partial charge >= 0.3 is 0 Å². The molecule has 3 fully saturated rings. The van der Waals surface area contributed by atoms with E-state index >= 15 is 0 Å². The van der Waals surface area contributed by atoms with Gasteiger partial charge in [0.05, 0.1) is 0 Å². The molecule has 0 unspecified atom stereocenters. The second kappa shape index (κ2) is 7.95. The molecule has 3 aliphatic heterocycles. The van der Waals surface area contributed by atoms with Gasteiger partial charge in [-0.15, -0.1) is 0 Å². The fourth-order valence-corrected chi connectivity index (χ4v) is 4.58. The molecule has 0 aliphatic carbocycles. The lowest BCUT2D eigenvalue weighted by Crippen LogP contribution is -2.52. The molecule has 0 aromatic heterocycles. The lowest BCUT2D eigenvalue weighted by molar-refractivity contribution is -0.139. The number of hydrogen-bond donors (Lipinski definition) is 0. The van der Waals surface area contributed by atoms with E-state index in [0.717, 1.165) is 19.5 Å². The van der Waals surface area contributed by atoms with Gasteiger partial charge in [-0.25, -0.2) is 0 Å². The normalized spacial score (nSPS) is 26.0. The first-order chi connectivity index (χ1) is 11.2. The van der Waals surface area contributed by atoms with E-state index in [4.69, 9.17) is 4.74 Å². The molecular weight excluding hydrogens is 290 g/mol. The topological polar surface area (TPSA) is 36.0 Å². The summed E-state index contributed by atoms with van der Waals surface area (Å²) < 4.78 is 5.03. The van der Waals surface area contributed by atoms with Crippen LogP contribution < -0.4 is 0 Å². The largest absolute Gasteiger partial charge is 0.375 e. The average molecular weight is 323 g/mol. The molecule has 3 aliphatic rings. The van der Waals surface area contributed by atoms with Crippen molar-refractivity contribution in [2.75, 3.05) is 66.1 Å².